The van der Waals surface area contributed by atoms with E-state index in [1.54, 1.807) is 0 Å². The molecule has 0 saturated carbocycles. The first-order chi connectivity index (χ1) is 25.6. The molecule has 0 heterocycles. The van der Waals surface area contributed by atoms with Gasteiger partial charge in [-0.1, -0.05) is 152 Å². The van der Waals surface area contributed by atoms with E-state index in [0.29, 0.717) is 24.1 Å². The minimum absolute atomic E-state index is 0.0210. The fourth-order valence-electron chi connectivity index (χ4n) is 5.34. The van der Waals surface area contributed by atoms with Crippen molar-refractivity contribution >= 4 is 13.8 Å². The van der Waals surface area contributed by atoms with Crippen LogP contribution in [0.5, 0.6) is 0 Å². The summed E-state index contributed by atoms with van der Waals surface area (Å²) in [7, 11) is 1.34. The summed E-state index contributed by atoms with van der Waals surface area (Å²) >= 11 is 0. The number of hydrogen-bond acceptors (Lipinski definition) is 7. The van der Waals surface area contributed by atoms with Crippen LogP contribution in [0, 0.1) is 0 Å². The summed E-state index contributed by atoms with van der Waals surface area (Å²) in [6, 6.07) is 0. The smallest absolute Gasteiger partial charge is 0.306 e. The molecule has 0 amide bonds. The highest BCUT2D eigenvalue weighted by molar-refractivity contribution is 7.45. The quantitative estimate of drug-likeness (QED) is 0.0203. The molecular weight excluding hydrogens is 685 g/mol. The molecule has 308 valence electrons. The van der Waals surface area contributed by atoms with Gasteiger partial charge in [-0.05, 0) is 57.8 Å². The number of nitrogens with zero attached hydrogens (tertiary/aromatic N) is 1. The normalized spacial score (nSPS) is 14.5. The number of phosphoric ester groups is 1. The van der Waals surface area contributed by atoms with Gasteiger partial charge in [-0.3, -0.25) is 9.36 Å². The number of ether oxygens (including phenoxy) is 2. The monoisotopic (exact) mass is 766 g/mol. The van der Waals surface area contributed by atoms with E-state index in [0.717, 1.165) is 77.0 Å². The summed E-state index contributed by atoms with van der Waals surface area (Å²) in [4.78, 5) is 24.9. The molecule has 0 saturated heterocycles. The van der Waals surface area contributed by atoms with E-state index in [9.17, 15) is 14.3 Å². The number of rotatable bonds is 38. The Bertz CT molecular complexity index is 1030. The predicted molar refractivity (Wildman–Crippen MR) is 222 cm³/mol. The van der Waals surface area contributed by atoms with Gasteiger partial charge in [-0.25, -0.2) is 0 Å². The van der Waals surface area contributed by atoms with Gasteiger partial charge in [0.05, 0.1) is 34.4 Å². The zero-order valence-corrected chi connectivity index (χ0v) is 35.6. The van der Waals surface area contributed by atoms with Gasteiger partial charge in [0.1, 0.15) is 19.3 Å². The standard InChI is InChI=1S/C44H80NO7P/c1-6-8-10-12-14-16-17-18-19-20-21-22-23-24-25-26-27-28-30-32-34-36-39-49-41-43(42-51-53(47,48)50-40-38-45(3,4)5)52-44(46)37-35-33-31-29-15-13-11-9-7-2/h8,10,14,16,18-19,21-22,24-25,43H,6-7,9,11-13,15,17,20,23,26-42H2,1-5H3/b10-8-,16-14-,19-18-,22-21-,25-24-. The SMILES string of the molecule is CC/C=C\C/C=C\C/C=C\C/C=C\C/C=C\CCCCCCCCOCC(COP(=O)([O-])OCC[N+](C)(C)C)OC(=O)CCCCCCCCCCC. The Labute approximate surface area is 326 Å². The van der Waals surface area contributed by atoms with Crippen molar-refractivity contribution in [1.29, 1.82) is 0 Å². The maximum Gasteiger partial charge on any atom is 0.306 e. The fourth-order valence-corrected chi connectivity index (χ4v) is 6.06. The molecule has 0 aromatic carbocycles. The summed E-state index contributed by atoms with van der Waals surface area (Å²) in [5, 5.41) is 0. The Morgan fingerprint density at radius 1 is 0.604 bits per heavy atom. The molecule has 0 aromatic rings. The number of esters is 1. The third-order valence-corrected chi connectivity index (χ3v) is 9.55. The number of unbranched alkanes of at least 4 members (excludes halogenated alkanes) is 14. The molecule has 2 atom stereocenters. The molecule has 0 aromatic heterocycles. The van der Waals surface area contributed by atoms with E-state index >= 15 is 0 Å². The Balaban J connectivity index is 4.20. The van der Waals surface area contributed by atoms with Crippen LogP contribution in [0.15, 0.2) is 60.8 Å². The Hall–Kier alpha value is -1.80. The topological polar surface area (TPSA) is 94.1 Å². The largest absolute Gasteiger partial charge is 0.756 e. The van der Waals surface area contributed by atoms with Gasteiger partial charge in [0, 0.05) is 13.0 Å². The van der Waals surface area contributed by atoms with Crippen molar-refractivity contribution < 1.29 is 37.3 Å². The first kappa shape index (κ1) is 51.2. The van der Waals surface area contributed by atoms with Gasteiger partial charge < -0.3 is 27.9 Å². The van der Waals surface area contributed by atoms with Crippen LogP contribution in [0.25, 0.3) is 0 Å². The maximum absolute atomic E-state index is 12.6. The second kappa shape index (κ2) is 37.1. The van der Waals surface area contributed by atoms with Gasteiger partial charge in [-0.15, -0.1) is 0 Å². The first-order valence-electron chi connectivity index (χ1n) is 21.0. The maximum atomic E-state index is 12.6. The van der Waals surface area contributed by atoms with E-state index in [-0.39, 0.29) is 25.8 Å². The molecule has 0 aliphatic carbocycles. The van der Waals surface area contributed by atoms with E-state index < -0.39 is 13.9 Å². The molecule has 0 rings (SSSR count). The third kappa shape index (κ3) is 41.2. The second-order valence-electron chi connectivity index (χ2n) is 15.0. The predicted octanol–water partition coefficient (Wildman–Crippen LogP) is 11.5. The minimum Gasteiger partial charge on any atom is -0.756 e. The van der Waals surface area contributed by atoms with Gasteiger partial charge in [0.15, 0.2) is 0 Å². The van der Waals surface area contributed by atoms with Crippen LogP contribution in [0.1, 0.15) is 155 Å². The van der Waals surface area contributed by atoms with Crippen LogP contribution in [0.2, 0.25) is 0 Å². The highest BCUT2D eigenvalue weighted by atomic mass is 31.2. The number of hydrogen-bond donors (Lipinski definition) is 0. The minimum atomic E-state index is -4.52. The lowest BCUT2D eigenvalue weighted by molar-refractivity contribution is -0.870. The van der Waals surface area contributed by atoms with Gasteiger partial charge in [0.2, 0.25) is 0 Å². The fraction of sp³-hybridized carbons (Fsp3) is 0.750. The summed E-state index contributed by atoms with van der Waals surface area (Å²) in [5.74, 6) is -0.346. The lowest BCUT2D eigenvalue weighted by Crippen LogP contribution is -2.37. The van der Waals surface area contributed by atoms with Gasteiger partial charge in [-0.2, -0.15) is 0 Å². The zero-order valence-electron chi connectivity index (χ0n) is 34.7. The van der Waals surface area contributed by atoms with Gasteiger partial charge in [0.25, 0.3) is 7.82 Å². The van der Waals surface area contributed by atoms with Crippen LogP contribution in [-0.4, -0.2) is 70.7 Å². The number of allylic oxidation sites excluding steroid dienone is 10. The summed E-state index contributed by atoms with van der Waals surface area (Å²) in [5.41, 5.74) is 0. The summed E-state index contributed by atoms with van der Waals surface area (Å²) < 4.78 is 34.4. The van der Waals surface area contributed by atoms with Crippen molar-refractivity contribution in [2.24, 2.45) is 0 Å². The Morgan fingerprint density at radius 2 is 1.09 bits per heavy atom. The molecule has 0 fully saturated rings. The number of carbonyl (C=O) groups is 1. The van der Waals surface area contributed by atoms with Crippen LogP contribution < -0.4 is 4.89 Å². The molecule has 0 aliphatic rings. The molecule has 0 aliphatic heterocycles. The number of likely N-dealkylation sites (N-methyl/N-ethyl adjacent to an activating group) is 1. The lowest BCUT2D eigenvalue weighted by Gasteiger charge is -2.28. The summed E-state index contributed by atoms with van der Waals surface area (Å²) in [6.07, 6.45) is 45.2. The van der Waals surface area contributed by atoms with Crippen LogP contribution in [0.4, 0.5) is 0 Å². The van der Waals surface area contributed by atoms with Gasteiger partial charge >= 0.3 is 5.97 Å². The first-order valence-corrected chi connectivity index (χ1v) is 22.5. The number of phosphoric acid groups is 1. The Kier molecular flexibility index (Phi) is 35.9. The van der Waals surface area contributed by atoms with Crippen LogP contribution >= 0.6 is 7.82 Å². The summed E-state index contributed by atoms with van der Waals surface area (Å²) in [6.45, 7) is 5.22. The zero-order chi connectivity index (χ0) is 39.1. The number of quaternary nitrogens is 1. The van der Waals surface area contributed by atoms with Crippen molar-refractivity contribution in [2.75, 3.05) is 54.1 Å². The third-order valence-electron chi connectivity index (χ3n) is 8.58. The highest BCUT2D eigenvalue weighted by Crippen LogP contribution is 2.38. The van der Waals surface area contributed by atoms with Crippen molar-refractivity contribution in [3.8, 4) is 0 Å². The van der Waals surface area contributed by atoms with E-state index in [4.69, 9.17) is 18.5 Å². The molecule has 0 spiro atoms. The van der Waals surface area contributed by atoms with Crippen molar-refractivity contribution in [2.45, 2.75) is 161 Å². The molecule has 0 N–H and O–H groups in total. The van der Waals surface area contributed by atoms with Crippen molar-refractivity contribution in [3.63, 3.8) is 0 Å². The molecule has 2 unspecified atom stereocenters. The van der Waals surface area contributed by atoms with Crippen LogP contribution in [0.3, 0.4) is 0 Å². The number of carbonyl (C=O) groups excluding carboxylic acids is 1. The average molecular weight is 766 g/mol. The van der Waals surface area contributed by atoms with Crippen molar-refractivity contribution in [3.05, 3.63) is 60.8 Å². The van der Waals surface area contributed by atoms with Crippen LogP contribution in [-0.2, 0) is 27.9 Å². The second-order valence-corrected chi connectivity index (χ2v) is 16.4. The van der Waals surface area contributed by atoms with E-state index in [1.807, 2.05) is 21.1 Å². The molecule has 8 nitrogen and oxygen atoms in total. The Morgan fingerprint density at radius 3 is 1.64 bits per heavy atom. The molecule has 0 radical (unpaired) electrons. The molecule has 53 heavy (non-hydrogen) atoms. The van der Waals surface area contributed by atoms with Crippen molar-refractivity contribution in [1.82, 2.24) is 0 Å². The lowest BCUT2D eigenvalue weighted by atomic mass is 10.1. The molecule has 0 bridgehead atoms. The van der Waals surface area contributed by atoms with E-state index in [2.05, 4.69) is 74.6 Å². The molecular formula is C44H80NO7P. The average Bonchev–Trinajstić information content (AvgIpc) is 3.11. The van der Waals surface area contributed by atoms with E-state index in [1.165, 1.54) is 57.8 Å². The molecule has 9 heteroatoms. The highest BCUT2D eigenvalue weighted by Gasteiger charge is 2.20.